The normalized spacial score (nSPS) is 26.9. The van der Waals surface area contributed by atoms with Crippen LogP contribution in [-0.2, 0) is 9.53 Å². The zero-order chi connectivity index (χ0) is 11.3. The minimum atomic E-state index is -0.491. The Hall–Kier alpha value is -0.650. The van der Waals surface area contributed by atoms with Crippen molar-refractivity contribution >= 4 is 5.91 Å². The first-order chi connectivity index (χ1) is 7.13. The Morgan fingerprint density at radius 3 is 2.87 bits per heavy atom. The van der Waals surface area contributed by atoms with E-state index in [1.165, 1.54) is 0 Å². The average molecular weight is 216 g/mol. The van der Waals surface area contributed by atoms with Crippen molar-refractivity contribution in [2.45, 2.75) is 31.4 Å². The third-order valence-electron chi connectivity index (χ3n) is 2.75. The number of ether oxygens (including phenoxy) is 1. The van der Waals surface area contributed by atoms with E-state index in [-0.39, 0.29) is 12.0 Å². The highest BCUT2D eigenvalue weighted by Gasteiger charge is 2.27. The second-order valence-corrected chi connectivity index (χ2v) is 4.12. The van der Waals surface area contributed by atoms with Gasteiger partial charge in [-0.3, -0.25) is 4.79 Å². The van der Waals surface area contributed by atoms with E-state index in [9.17, 15) is 4.79 Å². The lowest BCUT2D eigenvalue weighted by Crippen LogP contribution is -2.45. The maximum atomic E-state index is 11.4. The summed E-state index contributed by atoms with van der Waals surface area (Å²) in [6.45, 7) is 1.12. The van der Waals surface area contributed by atoms with Crippen LogP contribution in [0.15, 0.2) is 0 Å². The second kappa shape index (κ2) is 6.05. The van der Waals surface area contributed by atoms with Crippen molar-refractivity contribution in [2.24, 2.45) is 11.7 Å². The SMILES string of the molecule is COCCC(N)C(=O)NCC1CC(O)C1. The molecule has 5 heteroatoms. The smallest absolute Gasteiger partial charge is 0.237 e. The van der Waals surface area contributed by atoms with Gasteiger partial charge in [0.05, 0.1) is 12.1 Å². The summed E-state index contributed by atoms with van der Waals surface area (Å²) in [6.07, 6.45) is 1.94. The molecule has 0 saturated heterocycles. The Kier molecular flexibility index (Phi) is 5.01. The van der Waals surface area contributed by atoms with E-state index in [4.69, 9.17) is 15.6 Å². The number of carbonyl (C=O) groups excluding carboxylic acids is 1. The van der Waals surface area contributed by atoms with Gasteiger partial charge >= 0.3 is 0 Å². The predicted molar refractivity (Wildman–Crippen MR) is 56.2 cm³/mol. The van der Waals surface area contributed by atoms with Crippen LogP contribution in [0.3, 0.4) is 0 Å². The van der Waals surface area contributed by atoms with Gasteiger partial charge in [0.15, 0.2) is 0 Å². The van der Waals surface area contributed by atoms with Gasteiger partial charge in [-0.25, -0.2) is 0 Å². The number of hydrogen-bond donors (Lipinski definition) is 3. The molecule has 1 unspecified atom stereocenters. The summed E-state index contributed by atoms with van der Waals surface area (Å²) >= 11 is 0. The van der Waals surface area contributed by atoms with Gasteiger partial charge in [-0.2, -0.15) is 0 Å². The molecule has 0 aliphatic heterocycles. The quantitative estimate of drug-likeness (QED) is 0.545. The molecule has 1 aliphatic carbocycles. The number of methoxy groups -OCH3 is 1. The zero-order valence-corrected chi connectivity index (χ0v) is 9.11. The lowest BCUT2D eigenvalue weighted by Gasteiger charge is -2.31. The first kappa shape index (κ1) is 12.4. The summed E-state index contributed by atoms with van der Waals surface area (Å²) in [5, 5.41) is 11.8. The Balaban J connectivity index is 2.07. The first-order valence-electron chi connectivity index (χ1n) is 5.33. The summed E-state index contributed by atoms with van der Waals surface area (Å²) < 4.78 is 4.84. The second-order valence-electron chi connectivity index (χ2n) is 4.12. The van der Waals surface area contributed by atoms with Crippen LogP contribution < -0.4 is 11.1 Å². The Bertz CT molecular complexity index is 205. The number of aliphatic hydroxyl groups excluding tert-OH is 1. The van der Waals surface area contributed by atoms with E-state index in [2.05, 4.69) is 5.32 Å². The van der Waals surface area contributed by atoms with E-state index in [1.807, 2.05) is 0 Å². The van der Waals surface area contributed by atoms with Crippen molar-refractivity contribution in [2.75, 3.05) is 20.3 Å². The van der Waals surface area contributed by atoms with Crippen LogP contribution in [0.25, 0.3) is 0 Å². The zero-order valence-electron chi connectivity index (χ0n) is 9.11. The van der Waals surface area contributed by atoms with Crippen molar-refractivity contribution < 1.29 is 14.6 Å². The molecule has 5 nitrogen and oxygen atoms in total. The van der Waals surface area contributed by atoms with Gasteiger partial charge in [0, 0.05) is 20.3 Å². The van der Waals surface area contributed by atoms with Crippen LogP contribution in [0.4, 0.5) is 0 Å². The van der Waals surface area contributed by atoms with Crippen molar-refractivity contribution in [1.29, 1.82) is 0 Å². The van der Waals surface area contributed by atoms with Crippen molar-refractivity contribution in [3.8, 4) is 0 Å². The molecule has 0 aromatic heterocycles. The maximum Gasteiger partial charge on any atom is 0.237 e. The number of nitrogens with two attached hydrogens (primary N) is 1. The molecule has 0 radical (unpaired) electrons. The fourth-order valence-corrected chi connectivity index (χ4v) is 1.62. The summed E-state index contributed by atoms with van der Waals surface area (Å²) in [6, 6.07) is -0.491. The maximum absolute atomic E-state index is 11.4. The Labute approximate surface area is 90.0 Å². The van der Waals surface area contributed by atoms with Crippen LogP contribution in [0.2, 0.25) is 0 Å². The van der Waals surface area contributed by atoms with Gasteiger partial charge in [-0.05, 0) is 25.2 Å². The monoisotopic (exact) mass is 216 g/mol. The largest absolute Gasteiger partial charge is 0.393 e. The molecule has 1 atom stereocenters. The van der Waals surface area contributed by atoms with E-state index < -0.39 is 6.04 Å². The lowest BCUT2D eigenvalue weighted by molar-refractivity contribution is -0.123. The third kappa shape index (κ3) is 4.15. The van der Waals surface area contributed by atoms with E-state index in [1.54, 1.807) is 7.11 Å². The number of aliphatic hydroxyl groups is 1. The number of hydrogen-bond acceptors (Lipinski definition) is 4. The number of carbonyl (C=O) groups is 1. The van der Waals surface area contributed by atoms with Gasteiger partial charge in [-0.1, -0.05) is 0 Å². The number of nitrogens with one attached hydrogen (secondary N) is 1. The minimum Gasteiger partial charge on any atom is -0.393 e. The van der Waals surface area contributed by atoms with Gasteiger partial charge in [0.25, 0.3) is 0 Å². The highest BCUT2D eigenvalue weighted by atomic mass is 16.5. The fourth-order valence-electron chi connectivity index (χ4n) is 1.62. The molecule has 4 N–H and O–H groups in total. The topological polar surface area (TPSA) is 84.6 Å². The summed E-state index contributed by atoms with van der Waals surface area (Å²) in [7, 11) is 1.58. The molecule has 0 aromatic rings. The summed E-state index contributed by atoms with van der Waals surface area (Å²) in [5.74, 6) is 0.284. The molecule has 0 spiro atoms. The number of rotatable bonds is 6. The average Bonchev–Trinajstić information content (AvgIpc) is 2.18. The van der Waals surface area contributed by atoms with Crippen molar-refractivity contribution in [1.82, 2.24) is 5.32 Å². The van der Waals surface area contributed by atoms with E-state index in [0.717, 1.165) is 12.8 Å². The molecule has 15 heavy (non-hydrogen) atoms. The van der Waals surface area contributed by atoms with Gasteiger partial charge in [-0.15, -0.1) is 0 Å². The Morgan fingerprint density at radius 2 is 2.33 bits per heavy atom. The molecule has 0 bridgehead atoms. The van der Waals surface area contributed by atoms with Crippen molar-refractivity contribution in [3.63, 3.8) is 0 Å². The molecule has 1 saturated carbocycles. The molecule has 0 heterocycles. The van der Waals surface area contributed by atoms with Crippen LogP contribution in [-0.4, -0.2) is 43.4 Å². The molecular weight excluding hydrogens is 196 g/mol. The molecule has 1 rings (SSSR count). The lowest BCUT2D eigenvalue weighted by atomic mass is 9.82. The minimum absolute atomic E-state index is 0.131. The Morgan fingerprint density at radius 1 is 1.67 bits per heavy atom. The molecule has 1 aliphatic rings. The molecule has 88 valence electrons. The third-order valence-corrected chi connectivity index (χ3v) is 2.75. The fraction of sp³-hybridized carbons (Fsp3) is 0.900. The standard InChI is InChI=1S/C10H20N2O3/c1-15-3-2-9(11)10(14)12-6-7-4-8(13)5-7/h7-9,13H,2-6,11H2,1H3,(H,12,14). The predicted octanol–water partition coefficient (Wildman–Crippen LogP) is -0.763. The van der Waals surface area contributed by atoms with Gasteiger partial charge in [0.2, 0.25) is 5.91 Å². The van der Waals surface area contributed by atoms with Crippen molar-refractivity contribution in [3.05, 3.63) is 0 Å². The highest BCUT2D eigenvalue weighted by molar-refractivity contribution is 5.81. The van der Waals surface area contributed by atoms with Crippen LogP contribution in [0, 0.1) is 5.92 Å². The summed E-state index contributed by atoms with van der Waals surface area (Å²) in [5.41, 5.74) is 5.63. The van der Waals surface area contributed by atoms with Crippen LogP contribution in [0.5, 0.6) is 0 Å². The molecule has 1 amide bonds. The van der Waals surface area contributed by atoms with Crippen LogP contribution in [0.1, 0.15) is 19.3 Å². The highest BCUT2D eigenvalue weighted by Crippen LogP contribution is 2.25. The molecular formula is C10H20N2O3. The van der Waals surface area contributed by atoms with Crippen LogP contribution >= 0.6 is 0 Å². The van der Waals surface area contributed by atoms with E-state index in [0.29, 0.717) is 25.5 Å². The first-order valence-corrected chi connectivity index (χ1v) is 5.33. The number of amides is 1. The van der Waals surface area contributed by atoms with E-state index >= 15 is 0 Å². The van der Waals surface area contributed by atoms with Gasteiger partial charge < -0.3 is 20.9 Å². The summed E-state index contributed by atoms with van der Waals surface area (Å²) in [4.78, 5) is 11.4. The molecule has 0 aromatic carbocycles. The molecule has 1 fully saturated rings. The van der Waals surface area contributed by atoms with Gasteiger partial charge in [0.1, 0.15) is 0 Å².